The highest BCUT2D eigenvalue weighted by Crippen LogP contribution is 2.23. The monoisotopic (exact) mass is 252 g/mol. The van der Waals surface area contributed by atoms with Crippen LogP contribution >= 0.6 is 0 Å². The highest BCUT2D eigenvalue weighted by molar-refractivity contribution is 5.29. The molecule has 0 saturated carbocycles. The van der Waals surface area contributed by atoms with E-state index in [1.165, 1.54) is 12.8 Å². The Labute approximate surface area is 109 Å². The summed E-state index contributed by atoms with van der Waals surface area (Å²) in [5.41, 5.74) is 0. The third-order valence-electron chi connectivity index (χ3n) is 3.72. The van der Waals surface area contributed by atoms with E-state index in [0.717, 1.165) is 37.9 Å². The molecule has 102 valence electrons. The van der Waals surface area contributed by atoms with E-state index in [1.807, 2.05) is 0 Å². The summed E-state index contributed by atoms with van der Waals surface area (Å²) in [6.45, 7) is 9.53. The maximum absolute atomic E-state index is 5.43. The summed E-state index contributed by atoms with van der Waals surface area (Å²) in [6, 6.07) is 0.405. The molecule has 1 fully saturated rings. The smallest absolute Gasteiger partial charge is 0.266 e. The van der Waals surface area contributed by atoms with Crippen molar-refractivity contribution in [3.05, 3.63) is 5.89 Å². The average Bonchev–Trinajstić information content (AvgIpc) is 3.04. The normalized spacial score (nSPS) is 19.2. The number of nitrogens with one attached hydrogen (secondary N) is 1. The predicted molar refractivity (Wildman–Crippen MR) is 71.9 cm³/mol. The van der Waals surface area contributed by atoms with E-state index >= 15 is 0 Å². The molecule has 0 bridgehead atoms. The maximum atomic E-state index is 5.43. The van der Waals surface area contributed by atoms with Gasteiger partial charge in [0.1, 0.15) is 0 Å². The molecule has 1 aromatic rings. The van der Waals surface area contributed by atoms with Gasteiger partial charge in [-0.1, -0.05) is 20.8 Å². The fourth-order valence-corrected chi connectivity index (χ4v) is 2.57. The molecule has 0 amide bonds. The van der Waals surface area contributed by atoms with Crippen LogP contribution in [0, 0.1) is 0 Å². The molecule has 2 heterocycles. The molecule has 18 heavy (non-hydrogen) atoms. The minimum absolute atomic E-state index is 0.263. The molecule has 0 aromatic carbocycles. The van der Waals surface area contributed by atoms with Gasteiger partial charge in [0.2, 0.25) is 5.89 Å². The first-order chi connectivity index (χ1) is 8.76. The van der Waals surface area contributed by atoms with Crippen LogP contribution in [0.2, 0.25) is 0 Å². The molecule has 0 radical (unpaired) electrons. The summed E-state index contributed by atoms with van der Waals surface area (Å²) >= 11 is 0. The fourth-order valence-electron chi connectivity index (χ4n) is 2.57. The second-order valence-corrected chi connectivity index (χ2v) is 4.99. The summed E-state index contributed by atoms with van der Waals surface area (Å²) in [5, 5.41) is 7.58. The minimum Gasteiger partial charge on any atom is -0.338 e. The summed E-state index contributed by atoms with van der Waals surface area (Å²) in [6.07, 6.45) is 3.53. The first-order valence-electron chi connectivity index (χ1n) is 7.08. The molecule has 5 heteroatoms. The van der Waals surface area contributed by atoms with Gasteiger partial charge in [-0.3, -0.25) is 0 Å². The van der Waals surface area contributed by atoms with E-state index < -0.39 is 0 Å². The molecule has 5 nitrogen and oxygen atoms in total. The zero-order chi connectivity index (χ0) is 13.0. The number of anilines is 1. The summed E-state index contributed by atoms with van der Waals surface area (Å²) in [4.78, 5) is 6.75. The van der Waals surface area contributed by atoms with E-state index in [2.05, 4.69) is 41.1 Å². The molecule has 2 rings (SSSR count). The van der Waals surface area contributed by atoms with Gasteiger partial charge in [-0.25, -0.2) is 0 Å². The third kappa shape index (κ3) is 2.83. The van der Waals surface area contributed by atoms with Crippen LogP contribution in [-0.4, -0.2) is 35.8 Å². The summed E-state index contributed by atoms with van der Waals surface area (Å²) in [5.74, 6) is 1.78. The molecule has 1 aliphatic rings. The Morgan fingerprint density at radius 1 is 1.33 bits per heavy atom. The summed E-state index contributed by atoms with van der Waals surface area (Å²) in [7, 11) is 0. The molecule has 1 N–H and O–H groups in total. The largest absolute Gasteiger partial charge is 0.338 e. The molecule has 1 aliphatic heterocycles. The Bertz CT molecular complexity index is 360. The molecule has 1 saturated heterocycles. The lowest BCUT2D eigenvalue weighted by atomic mass is 9.99. The zero-order valence-electron chi connectivity index (χ0n) is 11.6. The van der Waals surface area contributed by atoms with Crippen molar-refractivity contribution in [3.8, 4) is 0 Å². The zero-order valence-corrected chi connectivity index (χ0v) is 11.6. The highest BCUT2D eigenvalue weighted by Gasteiger charge is 2.24. The molecule has 1 aromatic heterocycles. The number of hydrogen-bond donors (Lipinski definition) is 1. The van der Waals surface area contributed by atoms with Crippen LogP contribution in [0.4, 0.5) is 5.95 Å². The van der Waals surface area contributed by atoms with Crippen molar-refractivity contribution >= 4 is 5.95 Å². The van der Waals surface area contributed by atoms with Crippen molar-refractivity contribution in [1.82, 2.24) is 15.5 Å². The van der Waals surface area contributed by atoms with Crippen molar-refractivity contribution in [2.24, 2.45) is 0 Å². The topological polar surface area (TPSA) is 54.2 Å². The van der Waals surface area contributed by atoms with Gasteiger partial charge in [-0.15, -0.1) is 0 Å². The van der Waals surface area contributed by atoms with Crippen LogP contribution in [0.15, 0.2) is 4.52 Å². The van der Waals surface area contributed by atoms with E-state index in [1.54, 1.807) is 0 Å². The van der Waals surface area contributed by atoms with Crippen LogP contribution in [0.3, 0.4) is 0 Å². The highest BCUT2D eigenvalue weighted by atomic mass is 16.5. The fraction of sp³-hybridized carbons (Fsp3) is 0.846. The Morgan fingerprint density at radius 2 is 2.06 bits per heavy atom. The van der Waals surface area contributed by atoms with E-state index in [-0.39, 0.29) is 5.92 Å². The Hall–Kier alpha value is -1.10. The van der Waals surface area contributed by atoms with Crippen molar-refractivity contribution < 1.29 is 4.52 Å². The quantitative estimate of drug-likeness (QED) is 0.841. The van der Waals surface area contributed by atoms with Crippen LogP contribution in [0.1, 0.15) is 51.8 Å². The van der Waals surface area contributed by atoms with Gasteiger partial charge in [-0.05, 0) is 31.0 Å². The van der Waals surface area contributed by atoms with Gasteiger partial charge in [0.25, 0.3) is 5.95 Å². The van der Waals surface area contributed by atoms with Crippen LogP contribution < -0.4 is 10.2 Å². The molecule has 0 spiro atoms. The van der Waals surface area contributed by atoms with E-state index in [4.69, 9.17) is 4.52 Å². The Morgan fingerprint density at radius 3 is 2.67 bits per heavy atom. The number of hydrogen-bond acceptors (Lipinski definition) is 5. The molecule has 0 aliphatic carbocycles. The predicted octanol–water partition coefficient (Wildman–Crippen LogP) is 2.16. The number of nitrogens with zero attached hydrogens (tertiary/aromatic N) is 3. The number of aromatic nitrogens is 2. The van der Waals surface area contributed by atoms with Crippen molar-refractivity contribution in [2.45, 2.75) is 52.0 Å². The molecular weight excluding hydrogens is 228 g/mol. The van der Waals surface area contributed by atoms with Gasteiger partial charge < -0.3 is 14.7 Å². The minimum atomic E-state index is 0.263. The van der Waals surface area contributed by atoms with Crippen molar-refractivity contribution in [1.29, 1.82) is 0 Å². The second kappa shape index (κ2) is 6.18. The SMILES string of the molecule is CCNC(CC)C(C)c1nc(N2CCCC2)no1. The number of rotatable bonds is 6. The lowest BCUT2D eigenvalue weighted by Gasteiger charge is -2.20. The van der Waals surface area contributed by atoms with Gasteiger partial charge in [0, 0.05) is 19.1 Å². The lowest BCUT2D eigenvalue weighted by Crippen LogP contribution is -2.33. The molecular formula is C13H24N4O. The Kier molecular flexibility index (Phi) is 4.58. The average molecular weight is 252 g/mol. The van der Waals surface area contributed by atoms with Gasteiger partial charge >= 0.3 is 0 Å². The van der Waals surface area contributed by atoms with E-state index in [0.29, 0.717) is 6.04 Å². The first-order valence-corrected chi connectivity index (χ1v) is 7.08. The van der Waals surface area contributed by atoms with Crippen LogP contribution in [0.5, 0.6) is 0 Å². The maximum Gasteiger partial charge on any atom is 0.266 e. The van der Waals surface area contributed by atoms with Crippen LogP contribution in [0.25, 0.3) is 0 Å². The Balaban J connectivity index is 2.03. The standard InChI is InChI=1S/C13H24N4O/c1-4-11(14-5-2)10(3)12-15-13(16-18-12)17-8-6-7-9-17/h10-11,14H,4-9H2,1-3H3. The van der Waals surface area contributed by atoms with Gasteiger partial charge in [0.05, 0.1) is 5.92 Å². The lowest BCUT2D eigenvalue weighted by molar-refractivity contribution is 0.321. The summed E-state index contributed by atoms with van der Waals surface area (Å²) < 4.78 is 5.43. The third-order valence-corrected chi connectivity index (χ3v) is 3.72. The number of likely N-dealkylation sites (N-methyl/N-ethyl adjacent to an activating group) is 1. The van der Waals surface area contributed by atoms with Crippen molar-refractivity contribution in [3.63, 3.8) is 0 Å². The first kappa shape index (κ1) is 13.3. The van der Waals surface area contributed by atoms with Crippen LogP contribution in [-0.2, 0) is 0 Å². The molecule has 2 unspecified atom stereocenters. The van der Waals surface area contributed by atoms with Gasteiger partial charge in [-0.2, -0.15) is 4.98 Å². The van der Waals surface area contributed by atoms with E-state index in [9.17, 15) is 0 Å². The molecule has 2 atom stereocenters. The van der Waals surface area contributed by atoms with Gasteiger partial charge in [0.15, 0.2) is 0 Å². The van der Waals surface area contributed by atoms with Crippen molar-refractivity contribution in [2.75, 3.05) is 24.5 Å². The second-order valence-electron chi connectivity index (χ2n) is 4.99.